The normalized spacial score (nSPS) is 15.8. The fourth-order valence-electron chi connectivity index (χ4n) is 1.13. The molecule has 0 aliphatic rings. The number of esters is 3. The van der Waals surface area contributed by atoms with Gasteiger partial charge in [0.1, 0.15) is 13.2 Å². The van der Waals surface area contributed by atoms with Gasteiger partial charge in [-0.25, -0.2) is 14.4 Å². The maximum Gasteiger partial charge on any atom is 0.337 e. The van der Waals surface area contributed by atoms with Crippen LogP contribution in [-0.4, -0.2) is 106 Å². The molecular formula is C12H20O12. The molecule has 0 aliphatic carbocycles. The van der Waals surface area contributed by atoms with E-state index in [0.717, 1.165) is 0 Å². The van der Waals surface area contributed by atoms with Crippen LogP contribution in [0.5, 0.6) is 0 Å². The molecule has 0 fully saturated rings. The molecule has 0 bridgehead atoms. The first-order valence-corrected chi connectivity index (χ1v) is 6.67. The number of carbonyl (C=O) groups is 3. The lowest BCUT2D eigenvalue weighted by atomic mass is 10.3. The Morgan fingerprint density at radius 2 is 1.00 bits per heavy atom. The lowest BCUT2D eigenvalue weighted by Gasteiger charge is -2.20. The Morgan fingerprint density at radius 3 is 1.33 bits per heavy atom. The molecule has 0 aromatic rings. The maximum absolute atomic E-state index is 11.4. The van der Waals surface area contributed by atoms with Crippen LogP contribution in [0.1, 0.15) is 0 Å². The summed E-state index contributed by atoms with van der Waals surface area (Å²) in [6.07, 6.45) is -6.99. The summed E-state index contributed by atoms with van der Waals surface area (Å²) in [6.45, 7) is -4.21. The van der Waals surface area contributed by atoms with E-state index in [1.165, 1.54) is 0 Å². The molecule has 0 aliphatic heterocycles. The van der Waals surface area contributed by atoms with E-state index in [1.54, 1.807) is 0 Å². The molecule has 0 spiro atoms. The van der Waals surface area contributed by atoms with Crippen molar-refractivity contribution in [2.45, 2.75) is 24.4 Å². The minimum atomic E-state index is -1.88. The molecule has 140 valence electrons. The van der Waals surface area contributed by atoms with E-state index in [0.29, 0.717) is 0 Å². The SMILES string of the molecule is O=C(OCC(COC(=O)C(O)CO)OC(=O)C(O)CO)C(O)CO. The first-order valence-electron chi connectivity index (χ1n) is 6.67. The van der Waals surface area contributed by atoms with Crippen molar-refractivity contribution in [3.63, 3.8) is 0 Å². The molecule has 24 heavy (non-hydrogen) atoms. The molecule has 6 N–H and O–H groups in total. The highest BCUT2D eigenvalue weighted by atomic mass is 16.6. The highest BCUT2D eigenvalue weighted by molar-refractivity contribution is 5.76. The third-order valence-corrected chi connectivity index (χ3v) is 2.44. The molecule has 0 aromatic heterocycles. The van der Waals surface area contributed by atoms with Gasteiger partial charge in [-0.15, -0.1) is 0 Å². The predicted molar refractivity (Wildman–Crippen MR) is 71.1 cm³/mol. The Hall–Kier alpha value is -1.83. The van der Waals surface area contributed by atoms with Gasteiger partial charge in [0.05, 0.1) is 19.8 Å². The second-order valence-electron chi connectivity index (χ2n) is 4.41. The van der Waals surface area contributed by atoms with Crippen LogP contribution in [0.15, 0.2) is 0 Å². The maximum atomic E-state index is 11.4. The smallest absolute Gasteiger partial charge is 0.337 e. The highest BCUT2D eigenvalue weighted by Crippen LogP contribution is 2.02. The van der Waals surface area contributed by atoms with Gasteiger partial charge in [0, 0.05) is 0 Å². The molecule has 0 aromatic carbocycles. The second kappa shape index (κ2) is 11.7. The fraction of sp³-hybridized carbons (Fsp3) is 0.750. The third-order valence-electron chi connectivity index (χ3n) is 2.44. The van der Waals surface area contributed by atoms with Crippen LogP contribution in [0, 0.1) is 0 Å². The zero-order chi connectivity index (χ0) is 18.7. The van der Waals surface area contributed by atoms with Crippen molar-refractivity contribution >= 4 is 17.9 Å². The van der Waals surface area contributed by atoms with Crippen molar-refractivity contribution in [1.29, 1.82) is 0 Å². The average molecular weight is 356 g/mol. The van der Waals surface area contributed by atoms with Crippen LogP contribution in [0.4, 0.5) is 0 Å². The quantitative estimate of drug-likeness (QED) is 0.152. The number of rotatable bonds is 11. The van der Waals surface area contributed by atoms with E-state index in [9.17, 15) is 14.4 Å². The first-order chi connectivity index (χ1) is 11.3. The average Bonchev–Trinajstić information content (AvgIpc) is 2.60. The summed E-state index contributed by atoms with van der Waals surface area (Å²) in [6, 6.07) is 0. The van der Waals surface area contributed by atoms with E-state index in [1.807, 2.05) is 0 Å². The molecule has 0 saturated heterocycles. The molecule has 0 rings (SSSR count). The zero-order valence-electron chi connectivity index (χ0n) is 12.5. The van der Waals surface area contributed by atoms with E-state index in [2.05, 4.69) is 14.2 Å². The van der Waals surface area contributed by atoms with E-state index in [-0.39, 0.29) is 0 Å². The highest BCUT2D eigenvalue weighted by Gasteiger charge is 2.26. The molecule has 3 unspecified atom stereocenters. The fourth-order valence-corrected chi connectivity index (χ4v) is 1.13. The van der Waals surface area contributed by atoms with Crippen LogP contribution in [0.3, 0.4) is 0 Å². The summed E-state index contributed by atoms with van der Waals surface area (Å²) in [7, 11) is 0. The van der Waals surface area contributed by atoms with Gasteiger partial charge >= 0.3 is 17.9 Å². The second-order valence-corrected chi connectivity index (χ2v) is 4.41. The molecule has 0 radical (unpaired) electrons. The summed E-state index contributed by atoms with van der Waals surface area (Å²) in [5, 5.41) is 52.9. The van der Waals surface area contributed by atoms with Gasteiger partial charge in [-0.3, -0.25) is 0 Å². The van der Waals surface area contributed by atoms with Gasteiger partial charge in [0.2, 0.25) is 0 Å². The van der Waals surface area contributed by atoms with Crippen molar-refractivity contribution in [3.05, 3.63) is 0 Å². The summed E-state index contributed by atoms with van der Waals surface area (Å²) in [4.78, 5) is 33.8. The minimum Gasteiger partial charge on any atom is -0.460 e. The van der Waals surface area contributed by atoms with Crippen LogP contribution in [0.25, 0.3) is 0 Å². The van der Waals surface area contributed by atoms with Gasteiger partial charge in [0.25, 0.3) is 0 Å². The number of aliphatic hydroxyl groups is 6. The van der Waals surface area contributed by atoms with Gasteiger partial charge in [0.15, 0.2) is 24.4 Å². The summed E-state index contributed by atoms with van der Waals surface area (Å²) in [5.74, 6) is -3.80. The minimum absolute atomic E-state index is 0.720. The Labute approximate surface area is 135 Å². The lowest BCUT2D eigenvalue weighted by molar-refractivity contribution is -0.179. The molecule has 0 saturated carbocycles. The number of hydrogen-bond acceptors (Lipinski definition) is 12. The Bertz CT molecular complexity index is 385. The van der Waals surface area contributed by atoms with Crippen molar-refractivity contribution in [2.24, 2.45) is 0 Å². The molecule has 3 atom stereocenters. The van der Waals surface area contributed by atoms with Crippen LogP contribution in [-0.2, 0) is 28.6 Å². The van der Waals surface area contributed by atoms with Crippen LogP contribution >= 0.6 is 0 Å². The van der Waals surface area contributed by atoms with Crippen molar-refractivity contribution < 1.29 is 59.2 Å². The summed E-state index contributed by atoms with van der Waals surface area (Å²) < 4.78 is 13.7. The van der Waals surface area contributed by atoms with Gasteiger partial charge in [-0.05, 0) is 0 Å². The van der Waals surface area contributed by atoms with Gasteiger partial charge < -0.3 is 44.8 Å². The van der Waals surface area contributed by atoms with E-state index in [4.69, 9.17) is 30.6 Å². The Balaban J connectivity index is 4.67. The van der Waals surface area contributed by atoms with Crippen LogP contribution in [0.2, 0.25) is 0 Å². The number of aliphatic hydroxyl groups excluding tert-OH is 6. The molecule has 12 heteroatoms. The molecule has 12 nitrogen and oxygen atoms in total. The monoisotopic (exact) mass is 356 g/mol. The Kier molecular flexibility index (Phi) is 10.8. The van der Waals surface area contributed by atoms with Gasteiger partial charge in [-0.2, -0.15) is 0 Å². The van der Waals surface area contributed by atoms with E-state index < -0.39 is 75.4 Å². The topological polar surface area (TPSA) is 200 Å². The molecule has 0 heterocycles. The van der Waals surface area contributed by atoms with Crippen molar-refractivity contribution in [3.8, 4) is 0 Å². The number of ether oxygens (including phenoxy) is 3. The Morgan fingerprint density at radius 1 is 0.667 bits per heavy atom. The first kappa shape index (κ1) is 22.2. The standard InChI is InChI=1S/C12H20O12/c13-1-7(16)10(19)22-4-6(24-12(21)9(18)3-15)5-23-11(20)8(17)2-14/h6-9,13-18H,1-5H2. The summed E-state index contributed by atoms with van der Waals surface area (Å²) in [5.41, 5.74) is 0. The number of hydrogen-bond donors (Lipinski definition) is 6. The van der Waals surface area contributed by atoms with E-state index >= 15 is 0 Å². The summed E-state index contributed by atoms with van der Waals surface area (Å²) >= 11 is 0. The van der Waals surface area contributed by atoms with Crippen molar-refractivity contribution in [2.75, 3.05) is 33.0 Å². The predicted octanol–water partition coefficient (Wildman–Crippen LogP) is -4.96. The van der Waals surface area contributed by atoms with Crippen LogP contribution < -0.4 is 0 Å². The lowest BCUT2D eigenvalue weighted by Crippen LogP contribution is -2.38. The number of carbonyl (C=O) groups excluding carboxylic acids is 3. The largest absolute Gasteiger partial charge is 0.460 e. The molecule has 0 amide bonds. The van der Waals surface area contributed by atoms with Gasteiger partial charge in [-0.1, -0.05) is 0 Å². The van der Waals surface area contributed by atoms with Crippen molar-refractivity contribution in [1.82, 2.24) is 0 Å². The zero-order valence-corrected chi connectivity index (χ0v) is 12.5. The third kappa shape index (κ3) is 8.14. The molecular weight excluding hydrogens is 336 g/mol.